The standard InChI is InChI=1S/C21H34O4/c1-17(11-9-7-5-3-2-4-6-8-10-14-22)15-21(25)19-16-18(23)12-13-20(19)24/h12-13,16-17,22-24H,2-11,14-15H2,1H3. The van der Waals surface area contributed by atoms with E-state index < -0.39 is 0 Å². The van der Waals surface area contributed by atoms with Crippen LogP contribution in [0.2, 0.25) is 0 Å². The summed E-state index contributed by atoms with van der Waals surface area (Å²) >= 11 is 0. The monoisotopic (exact) mass is 350 g/mol. The van der Waals surface area contributed by atoms with E-state index in [1.54, 1.807) is 0 Å². The van der Waals surface area contributed by atoms with Gasteiger partial charge >= 0.3 is 0 Å². The number of unbranched alkanes of at least 4 members (excludes halogenated alkanes) is 8. The fourth-order valence-corrected chi connectivity index (χ4v) is 3.12. The lowest BCUT2D eigenvalue weighted by molar-refractivity contribution is 0.0959. The Hall–Kier alpha value is -1.55. The van der Waals surface area contributed by atoms with E-state index in [1.165, 1.54) is 56.7 Å². The first kappa shape index (κ1) is 21.5. The van der Waals surface area contributed by atoms with Crippen molar-refractivity contribution < 1.29 is 20.1 Å². The molecule has 0 radical (unpaired) electrons. The number of rotatable bonds is 14. The number of hydrogen-bond donors (Lipinski definition) is 3. The molecule has 0 saturated heterocycles. The molecule has 4 nitrogen and oxygen atoms in total. The van der Waals surface area contributed by atoms with Crippen LogP contribution < -0.4 is 0 Å². The first-order valence-electron chi connectivity index (χ1n) is 9.70. The van der Waals surface area contributed by atoms with Crippen LogP contribution in [-0.4, -0.2) is 27.7 Å². The molecule has 1 atom stereocenters. The lowest BCUT2D eigenvalue weighted by Crippen LogP contribution is -2.06. The molecule has 1 rings (SSSR count). The van der Waals surface area contributed by atoms with Crippen LogP contribution in [0.15, 0.2) is 18.2 Å². The molecule has 0 fully saturated rings. The summed E-state index contributed by atoms with van der Waals surface area (Å²) in [4.78, 5) is 12.2. The number of phenolic OH excluding ortho intramolecular Hbond substituents is 2. The van der Waals surface area contributed by atoms with Gasteiger partial charge in [-0.3, -0.25) is 4.79 Å². The van der Waals surface area contributed by atoms with Gasteiger partial charge in [-0.15, -0.1) is 0 Å². The third-order valence-electron chi connectivity index (χ3n) is 4.67. The summed E-state index contributed by atoms with van der Waals surface area (Å²) in [6, 6.07) is 4.07. The number of aliphatic hydroxyl groups excluding tert-OH is 1. The van der Waals surface area contributed by atoms with Gasteiger partial charge in [0.15, 0.2) is 5.78 Å². The lowest BCUT2D eigenvalue weighted by Gasteiger charge is -2.11. The maximum atomic E-state index is 12.2. The summed E-state index contributed by atoms with van der Waals surface area (Å²) in [7, 11) is 0. The predicted octanol–water partition coefficient (Wildman–Crippen LogP) is 5.20. The summed E-state index contributed by atoms with van der Waals surface area (Å²) in [6.07, 6.45) is 12.1. The van der Waals surface area contributed by atoms with Crippen LogP contribution in [0.4, 0.5) is 0 Å². The molecule has 4 heteroatoms. The second kappa shape index (κ2) is 12.8. The summed E-state index contributed by atoms with van der Waals surface area (Å²) in [6.45, 7) is 2.38. The summed E-state index contributed by atoms with van der Waals surface area (Å²) in [5.41, 5.74) is 0.216. The molecule has 0 aliphatic heterocycles. The topological polar surface area (TPSA) is 77.8 Å². The van der Waals surface area contributed by atoms with Crippen molar-refractivity contribution in [1.82, 2.24) is 0 Å². The second-order valence-corrected chi connectivity index (χ2v) is 7.13. The van der Waals surface area contributed by atoms with E-state index in [0.717, 1.165) is 25.7 Å². The lowest BCUT2D eigenvalue weighted by atomic mass is 9.94. The molecule has 0 aliphatic carbocycles. The van der Waals surface area contributed by atoms with E-state index >= 15 is 0 Å². The molecule has 3 N–H and O–H groups in total. The number of hydrogen-bond acceptors (Lipinski definition) is 4. The number of aromatic hydroxyl groups is 2. The predicted molar refractivity (Wildman–Crippen MR) is 101 cm³/mol. The smallest absolute Gasteiger partial charge is 0.166 e. The molecule has 1 aromatic carbocycles. The van der Waals surface area contributed by atoms with Crippen LogP contribution in [0.5, 0.6) is 11.5 Å². The van der Waals surface area contributed by atoms with Crippen molar-refractivity contribution in [2.75, 3.05) is 6.61 Å². The Kier molecular flexibility index (Phi) is 11.0. The zero-order valence-electron chi connectivity index (χ0n) is 15.5. The Morgan fingerprint density at radius 1 is 0.920 bits per heavy atom. The summed E-state index contributed by atoms with van der Waals surface area (Å²) in [5, 5.41) is 27.9. The van der Waals surface area contributed by atoms with Crippen molar-refractivity contribution in [3.63, 3.8) is 0 Å². The molecule has 0 saturated carbocycles. The zero-order valence-corrected chi connectivity index (χ0v) is 15.5. The van der Waals surface area contributed by atoms with Crippen molar-refractivity contribution in [3.8, 4) is 11.5 Å². The van der Waals surface area contributed by atoms with Crippen LogP contribution in [0.1, 0.15) is 87.9 Å². The molecular weight excluding hydrogens is 316 g/mol. The Labute approximate surface area is 151 Å². The van der Waals surface area contributed by atoms with E-state index in [0.29, 0.717) is 13.0 Å². The molecule has 0 bridgehead atoms. The van der Waals surface area contributed by atoms with Crippen molar-refractivity contribution in [3.05, 3.63) is 23.8 Å². The quantitative estimate of drug-likeness (QED) is 0.245. The highest BCUT2D eigenvalue weighted by atomic mass is 16.3. The number of carbonyl (C=O) groups excluding carboxylic acids is 1. The Bertz CT molecular complexity index is 499. The van der Waals surface area contributed by atoms with Crippen molar-refractivity contribution in [1.29, 1.82) is 0 Å². The van der Waals surface area contributed by atoms with Crippen LogP contribution in [0, 0.1) is 5.92 Å². The van der Waals surface area contributed by atoms with Gasteiger partial charge in [0.05, 0.1) is 5.56 Å². The highest BCUT2D eigenvalue weighted by molar-refractivity contribution is 5.99. The molecule has 0 aliphatic rings. The second-order valence-electron chi connectivity index (χ2n) is 7.13. The number of Topliss-reactive ketones (excluding diaryl/α,β-unsaturated/α-hetero) is 1. The molecule has 142 valence electrons. The molecule has 0 aromatic heterocycles. The van der Waals surface area contributed by atoms with Gasteiger partial charge in [-0.2, -0.15) is 0 Å². The molecule has 25 heavy (non-hydrogen) atoms. The van der Waals surface area contributed by atoms with E-state index in [4.69, 9.17) is 5.11 Å². The van der Waals surface area contributed by atoms with E-state index in [2.05, 4.69) is 6.92 Å². The number of carbonyl (C=O) groups is 1. The van der Waals surface area contributed by atoms with Crippen molar-refractivity contribution in [2.45, 2.75) is 77.6 Å². The number of benzene rings is 1. The minimum absolute atomic E-state index is 0.00478. The van der Waals surface area contributed by atoms with E-state index in [9.17, 15) is 15.0 Å². The maximum absolute atomic E-state index is 12.2. The van der Waals surface area contributed by atoms with Crippen LogP contribution in [0.3, 0.4) is 0 Å². The van der Waals surface area contributed by atoms with Crippen molar-refractivity contribution in [2.24, 2.45) is 5.92 Å². The number of aliphatic hydroxyl groups is 1. The van der Waals surface area contributed by atoms with Gasteiger partial charge < -0.3 is 15.3 Å². The first-order valence-corrected chi connectivity index (χ1v) is 9.70. The molecule has 0 amide bonds. The Morgan fingerprint density at radius 3 is 2.08 bits per heavy atom. The van der Waals surface area contributed by atoms with E-state index in [1.807, 2.05) is 0 Å². The largest absolute Gasteiger partial charge is 0.508 e. The normalized spacial score (nSPS) is 12.2. The van der Waals surface area contributed by atoms with Crippen LogP contribution in [0.25, 0.3) is 0 Å². The van der Waals surface area contributed by atoms with Gasteiger partial charge in [-0.25, -0.2) is 0 Å². The third-order valence-corrected chi connectivity index (χ3v) is 4.67. The molecule has 1 unspecified atom stereocenters. The van der Waals surface area contributed by atoms with E-state index in [-0.39, 0.29) is 28.8 Å². The van der Waals surface area contributed by atoms with Gasteiger partial charge in [0, 0.05) is 13.0 Å². The number of ketones is 1. The Balaban J connectivity index is 2.10. The molecule has 0 heterocycles. The van der Waals surface area contributed by atoms with Gasteiger partial charge in [0.25, 0.3) is 0 Å². The maximum Gasteiger partial charge on any atom is 0.166 e. The van der Waals surface area contributed by atoms with Gasteiger partial charge in [-0.1, -0.05) is 64.7 Å². The average molecular weight is 350 g/mol. The minimum Gasteiger partial charge on any atom is -0.508 e. The third kappa shape index (κ3) is 9.49. The molecular formula is C21H34O4. The highest BCUT2D eigenvalue weighted by Crippen LogP contribution is 2.25. The van der Waals surface area contributed by atoms with Gasteiger partial charge in [-0.05, 0) is 30.5 Å². The Morgan fingerprint density at radius 2 is 1.48 bits per heavy atom. The summed E-state index contributed by atoms with van der Waals surface area (Å²) in [5.74, 6) is 0.121. The zero-order chi connectivity index (χ0) is 18.5. The minimum atomic E-state index is -0.108. The number of phenols is 2. The summed E-state index contributed by atoms with van der Waals surface area (Å²) < 4.78 is 0. The van der Waals surface area contributed by atoms with Gasteiger partial charge in [0.2, 0.25) is 0 Å². The fourth-order valence-electron chi connectivity index (χ4n) is 3.12. The molecule has 0 spiro atoms. The SMILES string of the molecule is CC(CCCCCCCCCCCO)CC(=O)c1cc(O)ccc1O. The highest BCUT2D eigenvalue weighted by Gasteiger charge is 2.15. The fraction of sp³-hybridized carbons (Fsp3) is 0.667. The first-order chi connectivity index (χ1) is 12.0. The van der Waals surface area contributed by atoms with Gasteiger partial charge in [0.1, 0.15) is 11.5 Å². The van der Waals surface area contributed by atoms with Crippen LogP contribution in [-0.2, 0) is 0 Å². The van der Waals surface area contributed by atoms with Crippen molar-refractivity contribution >= 4 is 5.78 Å². The molecule has 1 aromatic rings. The van der Waals surface area contributed by atoms with Crippen LogP contribution >= 0.6 is 0 Å². The average Bonchev–Trinajstić information content (AvgIpc) is 2.58.